The van der Waals surface area contributed by atoms with Crippen LogP contribution in [0.25, 0.3) is 0 Å². The molecule has 1 N–H and O–H groups in total. The average Bonchev–Trinajstić information content (AvgIpc) is 2.40. The predicted molar refractivity (Wildman–Crippen MR) is 62.8 cm³/mol. The number of halogens is 2. The normalized spacial score (nSPS) is 10.1. The van der Waals surface area contributed by atoms with Crippen molar-refractivity contribution in [3.8, 4) is 0 Å². The maximum atomic E-state index is 13.3. The van der Waals surface area contributed by atoms with Crippen molar-refractivity contribution in [2.24, 2.45) is 0 Å². The van der Waals surface area contributed by atoms with Crippen LogP contribution in [-0.2, 0) is 6.54 Å². The molecule has 0 heterocycles. The minimum absolute atomic E-state index is 0.253. The zero-order chi connectivity index (χ0) is 13.0. The van der Waals surface area contributed by atoms with Crippen LogP contribution in [0.4, 0.5) is 8.78 Å². The van der Waals surface area contributed by atoms with E-state index in [4.69, 9.17) is 0 Å². The van der Waals surface area contributed by atoms with Gasteiger partial charge >= 0.3 is 0 Å². The van der Waals surface area contributed by atoms with Crippen LogP contribution >= 0.6 is 0 Å². The number of rotatable bonds is 3. The lowest BCUT2D eigenvalue weighted by molar-refractivity contribution is 0.0946. The molecule has 0 unspecified atom stereocenters. The molecule has 1 radical (unpaired) electrons. The molecule has 18 heavy (non-hydrogen) atoms. The molecular weight excluding hydrogens is 236 g/mol. The summed E-state index contributed by atoms with van der Waals surface area (Å²) in [6, 6.07) is 13.3. The second-order valence-corrected chi connectivity index (χ2v) is 3.69. The predicted octanol–water partition coefficient (Wildman–Crippen LogP) is 2.69. The number of amides is 1. The van der Waals surface area contributed by atoms with Gasteiger partial charge in [-0.3, -0.25) is 4.79 Å². The van der Waals surface area contributed by atoms with Crippen LogP contribution in [0.3, 0.4) is 0 Å². The summed E-state index contributed by atoms with van der Waals surface area (Å²) in [6.45, 7) is 0.253. The van der Waals surface area contributed by atoms with E-state index in [1.807, 2.05) is 0 Å². The van der Waals surface area contributed by atoms with Crippen LogP contribution < -0.4 is 5.32 Å². The summed E-state index contributed by atoms with van der Waals surface area (Å²) in [5.41, 5.74) is 0.566. The van der Waals surface area contributed by atoms with Gasteiger partial charge in [0.05, 0.1) is 5.56 Å². The highest BCUT2D eigenvalue weighted by atomic mass is 19.2. The lowest BCUT2D eigenvalue weighted by Crippen LogP contribution is -2.24. The van der Waals surface area contributed by atoms with Crippen molar-refractivity contribution in [3.05, 3.63) is 71.3 Å². The smallest absolute Gasteiger partial charge is 0.254 e. The molecule has 2 nitrogen and oxygen atoms in total. The Kier molecular flexibility index (Phi) is 3.67. The van der Waals surface area contributed by atoms with Gasteiger partial charge in [-0.2, -0.15) is 0 Å². The molecule has 0 aliphatic rings. The van der Waals surface area contributed by atoms with Gasteiger partial charge in [0.25, 0.3) is 5.91 Å². The van der Waals surface area contributed by atoms with Gasteiger partial charge in [0.15, 0.2) is 11.6 Å². The summed E-state index contributed by atoms with van der Waals surface area (Å²) >= 11 is 0. The molecule has 0 saturated carbocycles. The van der Waals surface area contributed by atoms with E-state index < -0.39 is 17.5 Å². The van der Waals surface area contributed by atoms with Gasteiger partial charge in [0.2, 0.25) is 0 Å². The molecule has 0 aromatic heterocycles. The second kappa shape index (κ2) is 5.40. The molecule has 4 heteroatoms. The highest BCUT2D eigenvalue weighted by molar-refractivity contribution is 5.94. The second-order valence-electron chi connectivity index (χ2n) is 3.69. The number of nitrogens with one attached hydrogen (secondary N) is 1. The molecule has 0 saturated heterocycles. The van der Waals surface area contributed by atoms with Gasteiger partial charge in [0.1, 0.15) is 0 Å². The molecule has 0 aliphatic carbocycles. The van der Waals surface area contributed by atoms with E-state index in [-0.39, 0.29) is 12.1 Å². The third kappa shape index (κ3) is 2.71. The van der Waals surface area contributed by atoms with Crippen molar-refractivity contribution >= 4 is 5.91 Å². The van der Waals surface area contributed by atoms with Gasteiger partial charge in [-0.15, -0.1) is 0 Å². The third-order valence-corrected chi connectivity index (χ3v) is 2.44. The fourth-order valence-corrected chi connectivity index (χ4v) is 1.50. The Morgan fingerprint density at radius 3 is 2.61 bits per heavy atom. The van der Waals surface area contributed by atoms with Crippen molar-refractivity contribution in [1.29, 1.82) is 0 Å². The van der Waals surface area contributed by atoms with Crippen molar-refractivity contribution in [2.75, 3.05) is 0 Å². The lowest BCUT2D eigenvalue weighted by Gasteiger charge is -2.06. The topological polar surface area (TPSA) is 29.1 Å². The molecule has 0 spiro atoms. The van der Waals surface area contributed by atoms with E-state index in [0.717, 1.165) is 11.6 Å². The number of carbonyl (C=O) groups excluding carboxylic acids is 1. The molecule has 91 valence electrons. The summed E-state index contributed by atoms with van der Waals surface area (Å²) in [7, 11) is 0. The Morgan fingerprint density at radius 1 is 1.17 bits per heavy atom. The van der Waals surface area contributed by atoms with Crippen LogP contribution in [0.5, 0.6) is 0 Å². The summed E-state index contributed by atoms with van der Waals surface area (Å²) < 4.78 is 26.3. The van der Waals surface area contributed by atoms with E-state index in [1.165, 1.54) is 12.1 Å². The number of benzene rings is 2. The number of hydrogen-bond donors (Lipinski definition) is 1. The summed E-state index contributed by atoms with van der Waals surface area (Å²) in [5, 5.41) is 2.52. The minimum atomic E-state index is -1.13. The number of hydrogen-bond acceptors (Lipinski definition) is 1. The molecule has 1 amide bonds. The first-order valence-corrected chi connectivity index (χ1v) is 5.35. The van der Waals surface area contributed by atoms with Crippen molar-refractivity contribution in [1.82, 2.24) is 5.32 Å². The molecule has 0 bridgehead atoms. The Balaban J connectivity index is 2.07. The van der Waals surface area contributed by atoms with Crippen LogP contribution in [0.1, 0.15) is 15.9 Å². The lowest BCUT2D eigenvalue weighted by atomic mass is 10.1. The highest BCUT2D eigenvalue weighted by Gasteiger charge is 2.14. The monoisotopic (exact) mass is 246 g/mol. The van der Waals surface area contributed by atoms with Crippen molar-refractivity contribution in [3.63, 3.8) is 0 Å². The van der Waals surface area contributed by atoms with Crippen LogP contribution in [0, 0.1) is 17.7 Å². The standard InChI is InChI=1S/C14H10F2NO/c15-12-8-4-7-11(13(12)16)14(18)17-9-10-5-2-1-3-6-10/h2-8H,9H2,(H,17,18). The van der Waals surface area contributed by atoms with Crippen LogP contribution in [0.2, 0.25) is 0 Å². The maximum absolute atomic E-state index is 13.3. The summed E-state index contributed by atoms with van der Waals surface area (Å²) in [6.07, 6.45) is 0. The van der Waals surface area contributed by atoms with Gasteiger partial charge < -0.3 is 5.32 Å². The summed E-state index contributed by atoms with van der Waals surface area (Å²) in [5.74, 6) is -2.80. The molecule has 0 fully saturated rings. The van der Waals surface area contributed by atoms with E-state index in [2.05, 4.69) is 11.4 Å². The highest BCUT2D eigenvalue weighted by Crippen LogP contribution is 2.11. The molecule has 2 aromatic carbocycles. The summed E-state index contributed by atoms with van der Waals surface area (Å²) in [4.78, 5) is 11.7. The molecule has 2 rings (SSSR count). The van der Waals surface area contributed by atoms with E-state index in [1.54, 1.807) is 24.3 Å². The maximum Gasteiger partial charge on any atom is 0.254 e. The molecule has 2 aromatic rings. The first-order chi connectivity index (χ1) is 8.68. The van der Waals surface area contributed by atoms with Crippen LogP contribution in [-0.4, -0.2) is 5.91 Å². The first-order valence-electron chi connectivity index (χ1n) is 5.35. The van der Waals surface area contributed by atoms with Gasteiger partial charge in [-0.25, -0.2) is 8.78 Å². The van der Waals surface area contributed by atoms with Gasteiger partial charge in [-0.05, 0) is 23.8 Å². The Labute approximate surface area is 103 Å². The third-order valence-electron chi connectivity index (χ3n) is 2.44. The van der Waals surface area contributed by atoms with Crippen LogP contribution in [0.15, 0.2) is 42.5 Å². The van der Waals surface area contributed by atoms with Gasteiger partial charge in [0, 0.05) is 6.54 Å². The Morgan fingerprint density at radius 2 is 1.89 bits per heavy atom. The Hall–Kier alpha value is -2.23. The SMILES string of the molecule is O=C(NCc1cc[c]cc1)c1cccc(F)c1F. The largest absolute Gasteiger partial charge is 0.348 e. The molecular formula is C14H10F2NO. The zero-order valence-corrected chi connectivity index (χ0v) is 9.41. The van der Waals surface area contributed by atoms with Crippen molar-refractivity contribution in [2.45, 2.75) is 6.54 Å². The van der Waals surface area contributed by atoms with Gasteiger partial charge in [-0.1, -0.05) is 30.3 Å². The molecule has 0 aliphatic heterocycles. The fraction of sp³-hybridized carbons (Fsp3) is 0.0714. The molecule has 0 atom stereocenters. The van der Waals surface area contributed by atoms with Crippen molar-refractivity contribution < 1.29 is 13.6 Å². The zero-order valence-electron chi connectivity index (χ0n) is 9.41. The average molecular weight is 246 g/mol. The fourth-order valence-electron chi connectivity index (χ4n) is 1.50. The first kappa shape index (κ1) is 12.2. The minimum Gasteiger partial charge on any atom is -0.348 e. The number of carbonyl (C=O) groups is 1. The van der Waals surface area contributed by atoms with E-state index >= 15 is 0 Å². The quantitative estimate of drug-likeness (QED) is 0.886. The Bertz CT molecular complexity index is 555. The van der Waals surface area contributed by atoms with E-state index in [0.29, 0.717) is 0 Å². The van der Waals surface area contributed by atoms with E-state index in [9.17, 15) is 13.6 Å².